The lowest BCUT2D eigenvalue weighted by Gasteiger charge is -2.08. The summed E-state index contributed by atoms with van der Waals surface area (Å²) in [5, 5.41) is 8.18. The second kappa shape index (κ2) is 6.89. The number of ether oxygens (including phenoxy) is 1. The van der Waals surface area contributed by atoms with Gasteiger partial charge < -0.3 is 4.74 Å². The molecule has 7 nitrogen and oxygen atoms in total. The quantitative estimate of drug-likeness (QED) is 0.743. The minimum absolute atomic E-state index is 0.248. The topological polar surface area (TPSA) is 85.6 Å². The zero-order chi connectivity index (χ0) is 18.0. The molecule has 1 aliphatic heterocycles. The second-order valence-electron chi connectivity index (χ2n) is 5.94. The van der Waals surface area contributed by atoms with Gasteiger partial charge in [0, 0.05) is 31.1 Å². The summed E-state index contributed by atoms with van der Waals surface area (Å²) in [5.74, 6) is 1.42. The van der Waals surface area contributed by atoms with Gasteiger partial charge in [0.1, 0.15) is 11.6 Å². The number of nitrogens with one attached hydrogen (secondary N) is 1. The Labute approximate surface area is 151 Å². The highest BCUT2D eigenvalue weighted by molar-refractivity contribution is 7.93. The van der Waals surface area contributed by atoms with Gasteiger partial charge >= 0.3 is 0 Å². The Bertz CT molecular complexity index is 1070. The molecule has 134 valence electrons. The number of rotatable bonds is 5. The number of hydrogen-bond acceptors (Lipinski definition) is 5. The van der Waals surface area contributed by atoms with Crippen LogP contribution in [0.3, 0.4) is 0 Å². The molecule has 0 spiro atoms. The van der Waals surface area contributed by atoms with Gasteiger partial charge in [-0.25, -0.2) is 13.1 Å². The summed E-state index contributed by atoms with van der Waals surface area (Å²) in [6, 6.07) is 13.0. The molecule has 0 bridgehead atoms. The molecule has 0 radical (unpaired) electrons. The van der Waals surface area contributed by atoms with E-state index in [2.05, 4.69) is 14.9 Å². The van der Waals surface area contributed by atoms with Crippen molar-refractivity contribution >= 4 is 21.7 Å². The highest BCUT2D eigenvalue weighted by Gasteiger charge is 2.20. The normalized spacial score (nSPS) is 14.4. The van der Waals surface area contributed by atoms with Crippen LogP contribution in [-0.4, -0.2) is 36.2 Å². The van der Waals surface area contributed by atoms with E-state index < -0.39 is 10.0 Å². The van der Waals surface area contributed by atoms with Crippen molar-refractivity contribution in [3.63, 3.8) is 0 Å². The molecule has 3 aromatic rings. The predicted octanol–water partition coefficient (Wildman–Crippen LogP) is 2.01. The van der Waals surface area contributed by atoms with Gasteiger partial charge in [-0.15, -0.1) is 10.2 Å². The van der Waals surface area contributed by atoms with E-state index in [1.165, 1.54) is 0 Å². The van der Waals surface area contributed by atoms with E-state index in [0.29, 0.717) is 35.9 Å². The molecule has 0 amide bonds. The maximum Gasteiger partial charge on any atom is 0.236 e. The third-order valence-corrected chi connectivity index (χ3v) is 5.81. The summed E-state index contributed by atoms with van der Waals surface area (Å²) >= 11 is 0. The van der Waals surface area contributed by atoms with Crippen LogP contribution in [0.4, 0.5) is 0 Å². The van der Waals surface area contributed by atoms with Crippen molar-refractivity contribution in [2.45, 2.75) is 12.8 Å². The number of fused-ring (bicyclic) bond motifs is 2. The monoisotopic (exact) mass is 370 g/mol. The van der Waals surface area contributed by atoms with Gasteiger partial charge in [-0.1, -0.05) is 24.3 Å². The summed E-state index contributed by atoms with van der Waals surface area (Å²) in [5.41, 5.74) is 1.51. The standard InChI is InChI=1S/C18H18N4O3S/c23-26(24,15-9-12-25-16-6-2-1-5-14(16)13-15)19-10-8-18-21-20-17-7-3-4-11-22(17)18/h1-7,11,13,19H,8-10,12H2. The number of sulfonamides is 1. The van der Waals surface area contributed by atoms with E-state index in [1.54, 1.807) is 6.08 Å². The van der Waals surface area contributed by atoms with Gasteiger partial charge in [0.15, 0.2) is 5.65 Å². The van der Waals surface area contributed by atoms with E-state index >= 15 is 0 Å². The molecule has 1 aliphatic rings. The lowest BCUT2D eigenvalue weighted by molar-refractivity contribution is 0.325. The number of nitrogens with zero attached hydrogens (tertiary/aromatic N) is 3. The van der Waals surface area contributed by atoms with E-state index in [4.69, 9.17) is 4.74 Å². The van der Waals surface area contributed by atoms with Crippen molar-refractivity contribution in [3.8, 4) is 5.75 Å². The maximum atomic E-state index is 12.7. The predicted molar refractivity (Wildman–Crippen MR) is 98.1 cm³/mol. The molecule has 0 saturated heterocycles. The molecule has 0 unspecified atom stereocenters. The van der Waals surface area contributed by atoms with Crippen LogP contribution >= 0.6 is 0 Å². The molecule has 8 heteroatoms. The van der Waals surface area contributed by atoms with Crippen molar-refractivity contribution < 1.29 is 13.2 Å². The Morgan fingerprint density at radius 2 is 1.96 bits per heavy atom. The molecular weight excluding hydrogens is 352 g/mol. The van der Waals surface area contributed by atoms with Crippen molar-refractivity contribution in [1.82, 2.24) is 19.3 Å². The summed E-state index contributed by atoms with van der Waals surface area (Å²) in [7, 11) is -3.58. The molecule has 4 rings (SSSR count). The van der Waals surface area contributed by atoms with Crippen LogP contribution in [-0.2, 0) is 16.4 Å². The van der Waals surface area contributed by atoms with Crippen LogP contribution < -0.4 is 9.46 Å². The van der Waals surface area contributed by atoms with Gasteiger partial charge in [0.2, 0.25) is 10.0 Å². The fourth-order valence-corrected chi connectivity index (χ4v) is 4.09. The number of hydrogen-bond donors (Lipinski definition) is 1. The molecule has 0 atom stereocenters. The molecule has 0 saturated carbocycles. The Morgan fingerprint density at radius 3 is 2.88 bits per heavy atom. The highest BCUT2D eigenvalue weighted by atomic mass is 32.2. The maximum absolute atomic E-state index is 12.7. The smallest absolute Gasteiger partial charge is 0.236 e. The van der Waals surface area contributed by atoms with Crippen LogP contribution in [0.1, 0.15) is 17.8 Å². The van der Waals surface area contributed by atoms with Gasteiger partial charge in [0.05, 0.1) is 11.5 Å². The first-order valence-corrected chi connectivity index (χ1v) is 9.82. The molecule has 2 aromatic heterocycles. The molecule has 26 heavy (non-hydrogen) atoms. The summed E-state index contributed by atoms with van der Waals surface area (Å²) in [4.78, 5) is 0.327. The van der Waals surface area contributed by atoms with Crippen LogP contribution in [0.25, 0.3) is 11.7 Å². The van der Waals surface area contributed by atoms with Crippen LogP contribution in [0, 0.1) is 0 Å². The van der Waals surface area contributed by atoms with Gasteiger partial charge in [-0.3, -0.25) is 4.40 Å². The lowest BCUT2D eigenvalue weighted by atomic mass is 10.2. The summed E-state index contributed by atoms with van der Waals surface area (Å²) < 4.78 is 35.5. The van der Waals surface area contributed by atoms with Gasteiger partial charge in [0.25, 0.3) is 0 Å². The number of benzene rings is 1. The number of aromatic nitrogens is 3. The largest absolute Gasteiger partial charge is 0.493 e. The second-order valence-corrected chi connectivity index (χ2v) is 7.76. The third kappa shape index (κ3) is 3.33. The molecule has 1 aromatic carbocycles. The number of pyridine rings is 1. The average molecular weight is 370 g/mol. The van der Waals surface area contributed by atoms with Crippen LogP contribution in [0.5, 0.6) is 5.75 Å². The van der Waals surface area contributed by atoms with E-state index in [0.717, 1.165) is 11.2 Å². The summed E-state index contributed by atoms with van der Waals surface area (Å²) in [6.45, 7) is 0.580. The van der Waals surface area contributed by atoms with Gasteiger partial charge in [-0.2, -0.15) is 0 Å². The van der Waals surface area contributed by atoms with Crippen LogP contribution in [0.15, 0.2) is 53.6 Å². The molecule has 1 N–H and O–H groups in total. The van der Waals surface area contributed by atoms with Crippen molar-refractivity contribution in [2.75, 3.05) is 13.2 Å². The fraction of sp³-hybridized carbons (Fsp3) is 0.222. The average Bonchev–Trinajstić information content (AvgIpc) is 2.91. The van der Waals surface area contributed by atoms with Crippen molar-refractivity contribution in [2.24, 2.45) is 0 Å². The van der Waals surface area contributed by atoms with E-state index in [-0.39, 0.29) is 6.54 Å². The first-order chi connectivity index (χ1) is 12.6. The SMILES string of the molecule is O=S(=O)(NCCc1nnc2ccccn12)C1=Cc2ccccc2OCC1. The van der Waals surface area contributed by atoms with Crippen LogP contribution in [0.2, 0.25) is 0 Å². The zero-order valence-electron chi connectivity index (χ0n) is 14.0. The van der Waals surface area contributed by atoms with E-state index in [1.807, 2.05) is 53.1 Å². The first-order valence-electron chi connectivity index (χ1n) is 8.34. The minimum Gasteiger partial charge on any atom is -0.493 e. The summed E-state index contributed by atoms with van der Waals surface area (Å²) in [6.07, 6.45) is 4.32. The lowest BCUT2D eigenvalue weighted by Crippen LogP contribution is -2.28. The Morgan fingerprint density at radius 1 is 1.12 bits per heavy atom. The zero-order valence-corrected chi connectivity index (χ0v) is 14.8. The van der Waals surface area contributed by atoms with Crippen molar-refractivity contribution in [1.29, 1.82) is 0 Å². The van der Waals surface area contributed by atoms with E-state index in [9.17, 15) is 8.42 Å². The molecule has 0 aliphatic carbocycles. The molecule has 3 heterocycles. The molecule has 0 fully saturated rings. The Hall–Kier alpha value is -2.71. The Kier molecular flexibility index (Phi) is 4.44. The third-order valence-electron chi connectivity index (χ3n) is 4.21. The Balaban J connectivity index is 1.48. The van der Waals surface area contributed by atoms with Gasteiger partial charge in [-0.05, 0) is 24.3 Å². The molecular formula is C18H18N4O3S. The fourth-order valence-electron chi connectivity index (χ4n) is 2.90. The first kappa shape index (κ1) is 16.7. The number of para-hydroxylation sites is 1. The highest BCUT2D eigenvalue weighted by Crippen LogP contribution is 2.27. The minimum atomic E-state index is -3.58. The van der Waals surface area contributed by atoms with Crippen molar-refractivity contribution in [3.05, 3.63) is 65.0 Å².